The van der Waals surface area contributed by atoms with E-state index in [4.69, 9.17) is 11.6 Å². The smallest absolute Gasteiger partial charge is 0.348 e. The van der Waals surface area contributed by atoms with Gasteiger partial charge in [0.2, 0.25) is 0 Å². The molecule has 0 radical (unpaired) electrons. The molecule has 0 amide bonds. The number of nitrogens with zero attached hydrogens (tertiary/aromatic N) is 3. The summed E-state index contributed by atoms with van der Waals surface area (Å²) in [7, 11) is 0. The van der Waals surface area contributed by atoms with Crippen LogP contribution in [0.1, 0.15) is 13.3 Å². The van der Waals surface area contributed by atoms with Crippen molar-refractivity contribution in [2.24, 2.45) is 0 Å². The summed E-state index contributed by atoms with van der Waals surface area (Å²) in [6.07, 6.45) is 2.29. The summed E-state index contributed by atoms with van der Waals surface area (Å²) in [6, 6.07) is 1.95. The Hall–Kier alpha value is -1.56. The normalized spacial score (nSPS) is 12.9. The monoisotopic (exact) mass is 241 g/mol. The van der Waals surface area contributed by atoms with Crippen molar-refractivity contribution in [2.75, 3.05) is 11.2 Å². The van der Waals surface area contributed by atoms with E-state index in [1.165, 1.54) is 10.7 Å². The molecule has 0 aliphatic heterocycles. The molecule has 0 spiro atoms. The minimum absolute atomic E-state index is 0.234. The fraction of sp³-hybridized carbons (Fsp3) is 0.444. The maximum absolute atomic E-state index is 11.2. The van der Waals surface area contributed by atoms with Crippen LogP contribution in [0, 0.1) is 0 Å². The molecule has 0 aliphatic carbocycles. The Bertz CT molecular complexity index is 534. The molecule has 1 unspecified atom stereocenters. The number of fused-ring (bicyclic) bond motifs is 1. The molecule has 2 aromatic rings. The Morgan fingerprint density at radius 1 is 1.69 bits per heavy atom. The van der Waals surface area contributed by atoms with Crippen LogP contribution in [-0.2, 0) is 0 Å². The van der Waals surface area contributed by atoms with Gasteiger partial charge in [-0.25, -0.2) is 19.3 Å². The van der Waals surface area contributed by atoms with Crippen LogP contribution in [-0.4, -0.2) is 31.5 Å². The van der Waals surface area contributed by atoms with Gasteiger partial charge < -0.3 is 5.32 Å². The largest absolute Gasteiger partial charge is 0.367 e. The number of H-pyrrole nitrogens is 1. The Labute approximate surface area is 96.7 Å². The third-order valence-electron chi connectivity index (χ3n) is 2.25. The highest BCUT2D eigenvalue weighted by atomic mass is 35.5. The number of alkyl halides is 1. The lowest BCUT2D eigenvalue weighted by Gasteiger charge is -2.12. The van der Waals surface area contributed by atoms with E-state index in [0.717, 1.165) is 6.42 Å². The van der Waals surface area contributed by atoms with Gasteiger partial charge in [0.1, 0.15) is 12.1 Å². The molecule has 7 heteroatoms. The van der Waals surface area contributed by atoms with Gasteiger partial charge in [-0.05, 0) is 13.3 Å². The van der Waals surface area contributed by atoms with Crippen molar-refractivity contribution in [3.05, 3.63) is 22.9 Å². The van der Waals surface area contributed by atoms with Crippen molar-refractivity contribution in [2.45, 2.75) is 19.4 Å². The SMILES string of the molecule is CC(CCCl)Nc1cc2n[nH]c(=O)n2cn1. The van der Waals surface area contributed by atoms with Crippen molar-refractivity contribution < 1.29 is 0 Å². The van der Waals surface area contributed by atoms with E-state index in [9.17, 15) is 4.79 Å². The van der Waals surface area contributed by atoms with E-state index in [2.05, 4.69) is 20.5 Å². The lowest BCUT2D eigenvalue weighted by Crippen LogP contribution is -2.17. The van der Waals surface area contributed by atoms with Crippen LogP contribution in [0.25, 0.3) is 5.65 Å². The molecule has 0 saturated heterocycles. The van der Waals surface area contributed by atoms with Gasteiger partial charge in [0.15, 0.2) is 5.65 Å². The summed E-state index contributed by atoms with van der Waals surface area (Å²) < 4.78 is 1.34. The molecular weight excluding hydrogens is 230 g/mol. The first-order valence-corrected chi connectivity index (χ1v) is 5.49. The number of hydrogen-bond acceptors (Lipinski definition) is 4. The molecule has 0 saturated carbocycles. The zero-order valence-corrected chi connectivity index (χ0v) is 9.53. The van der Waals surface area contributed by atoms with Gasteiger partial charge in [-0.2, -0.15) is 5.10 Å². The molecule has 2 rings (SSSR count). The lowest BCUT2D eigenvalue weighted by atomic mass is 10.2. The van der Waals surface area contributed by atoms with Crippen LogP contribution in [0.4, 0.5) is 5.82 Å². The second-order valence-electron chi connectivity index (χ2n) is 3.55. The van der Waals surface area contributed by atoms with Gasteiger partial charge in [0.25, 0.3) is 0 Å². The van der Waals surface area contributed by atoms with Crippen LogP contribution in [0.5, 0.6) is 0 Å². The van der Waals surface area contributed by atoms with E-state index >= 15 is 0 Å². The summed E-state index contributed by atoms with van der Waals surface area (Å²) in [4.78, 5) is 15.3. The summed E-state index contributed by atoms with van der Waals surface area (Å²) >= 11 is 5.64. The molecule has 0 aliphatic rings. The highest BCUT2D eigenvalue weighted by molar-refractivity contribution is 6.17. The van der Waals surface area contributed by atoms with Gasteiger partial charge in [-0.3, -0.25) is 0 Å². The molecule has 1 atom stereocenters. The highest BCUT2D eigenvalue weighted by Gasteiger charge is 2.05. The Morgan fingerprint density at radius 3 is 3.25 bits per heavy atom. The average molecular weight is 242 g/mol. The van der Waals surface area contributed by atoms with E-state index in [1.54, 1.807) is 6.07 Å². The highest BCUT2D eigenvalue weighted by Crippen LogP contribution is 2.07. The predicted octanol–water partition coefficient (Wildman–Crippen LogP) is 0.847. The first kappa shape index (κ1) is 10.9. The number of halogens is 1. The maximum Gasteiger partial charge on any atom is 0.348 e. The van der Waals surface area contributed by atoms with Gasteiger partial charge in [-0.15, -0.1) is 11.6 Å². The van der Waals surface area contributed by atoms with Crippen molar-refractivity contribution >= 4 is 23.1 Å². The van der Waals surface area contributed by atoms with Gasteiger partial charge >= 0.3 is 5.69 Å². The molecule has 16 heavy (non-hydrogen) atoms. The molecule has 0 aromatic carbocycles. The van der Waals surface area contributed by atoms with Crippen molar-refractivity contribution in [3.8, 4) is 0 Å². The molecule has 0 fully saturated rings. The summed E-state index contributed by atoms with van der Waals surface area (Å²) in [5.41, 5.74) is 0.253. The lowest BCUT2D eigenvalue weighted by molar-refractivity contribution is 0.762. The average Bonchev–Trinajstić information content (AvgIpc) is 2.60. The molecule has 86 valence electrons. The number of rotatable bonds is 4. The first-order chi connectivity index (χ1) is 7.70. The van der Waals surface area contributed by atoms with Crippen molar-refractivity contribution in [1.82, 2.24) is 19.6 Å². The second-order valence-corrected chi connectivity index (χ2v) is 3.93. The zero-order chi connectivity index (χ0) is 11.5. The quantitative estimate of drug-likeness (QED) is 0.778. The third-order valence-corrected chi connectivity index (χ3v) is 2.46. The molecule has 0 bridgehead atoms. The van der Waals surface area contributed by atoms with Crippen LogP contribution < -0.4 is 11.0 Å². The molecular formula is C9H12ClN5O. The van der Waals surface area contributed by atoms with E-state index < -0.39 is 0 Å². The number of aromatic amines is 1. The standard InChI is InChI=1S/C9H12ClN5O/c1-6(2-3-10)12-7-4-8-13-14-9(16)15(8)5-11-7/h4-6,12H,2-3H2,1H3,(H,14,16). The maximum atomic E-state index is 11.2. The van der Waals surface area contributed by atoms with Gasteiger partial charge in [0, 0.05) is 18.0 Å². The molecule has 6 nitrogen and oxygen atoms in total. The minimum Gasteiger partial charge on any atom is -0.367 e. The topological polar surface area (TPSA) is 75.1 Å². The van der Waals surface area contributed by atoms with Crippen LogP contribution in [0.3, 0.4) is 0 Å². The van der Waals surface area contributed by atoms with Crippen molar-refractivity contribution in [1.29, 1.82) is 0 Å². The van der Waals surface area contributed by atoms with Crippen LogP contribution in [0.15, 0.2) is 17.2 Å². The van der Waals surface area contributed by atoms with Gasteiger partial charge in [0.05, 0.1) is 0 Å². The zero-order valence-electron chi connectivity index (χ0n) is 8.77. The Balaban J connectivity index is 2.23. The van der Waals surface area contributed by atoms with Crippen molar-refractivity contribution in [3.63, 3.8) is 0 Å². The fourth-order valence-corrected chi connectivity index (χ4v) is 1.70. The van der Waals surface area contributed by atoms with E-state index in [1.807, 2.05) is 6.92 Å². The van der Waals surface area contributed by atoms with E-state index in [-0.39, 0.29) is 11.7 Å². The third kappa shape index (κ3) is 2.16. The summed E-state index contributed by atoms with van der Waals surface area (Å²) in [5.74, 6) is 1.28. The number of aromatic nitrogens is 4. The van der Waals surface area contributed by atoms with Crippen LogP contribution >= 0.6 is 11.6 Å². The summed E-state index contributed by atoms with van der Waals surface area (Å²) in [5, 5.41) is 9.38. The fourth-order valence-electron chi connectivity index (χ4n) is 1.38. The molecule has 2 N–H and O–H groups in total. The predicted molar refractivity (Wildman–Crippen MR) is 62.0 cm³/mol. The van der Waals surface area contributed by atoms with Crippen LogP contribution in [0.2, 0.25) is 0 Å². The molecule has 2 aromatic heterocycles. The summed E-state index contributed by atoms with van der Waals surface area (Å²) in [6.45, 7) is 2.02. The number of hydrogen-bond donors (Lipinski definition) is 2. The first-order valence-electron chi connectivity index (χ1n) is 4.96. The number of anilines is 1. The minimum atomic E-state index is -0.289. The molecule has 2 heterocycles. The van der Waals surface area contributed by atoms with Gasteiger partial charge in [-0.1, -0.05) is 0 Å². The Kier molecular flexibility index (Phi) is 3.09. The number of nitrogens with one attached hydrogen (secondary N) is 2. The Morgan fingerprint density at radius 2 is 2.50 bits per heavy atom. The van der Waals surface area contributed by atoms with E-state index in [0.29, 0.717) is 17.3 Å². The second kappa shape index (κ2) is 4.52.